The summed E-state index contributed by atoms with van der Waals surface area (Å²) in [5.41, 5.74) is 4.96. The van der Waals surface area contributed by atoms with Crippen molar-refractivity contribution in [1.29, 1.82) is 0 Å². The van der Waals surface area contributed by atoms with Crippen LogP contribution in [0, 0.1) is 5.41 Å². The van der Waals surface area contributed by atoms with Gasteiger partial charge in [0.25, 0.3) is 0 Å². The van der Waals surface area contributed by atoms with Crippen LogP contribution in [-0.2, 0) is 9.53 Å². The second-order valence-corrected chi connectivity index (χ2v) is 6.57. The van der Waals surface area contributed by atoms with E-state index < -0.39 is 11.0 Å². The molecule has 1 fully saturated rings. The molecule has 2 atom stereocenters. The van der Waals surface area contributed by atoms with Crippen LogP contribution in [0.1, 0.15) is 27.2 Å². The topological polar surface area (TPSA) is 77.2 Å². The van der Waals surface area contributed by atoms with E-state index in [9.17, 15) is 4.79 Å². The molecule has 1 aromatic heterocycles. The van der Waals surface area contributed by atoms with E-state index in [0.717, 1.165) is 4.47 Å². The first kappa shape index (κ1) is 15.4. The van der Waals surface area contributed by atoms with Crippen LogP contribution in [-0.4, -0.2) is 29.1 Å². The molecule has 1 aliphatic carbocycles. The van der Waals surface area contributed by atoms with Gasteiger partial charge in [0.05, 0.1) is 6.10 Å². The van der Waals surface area contributed by atoms with E-state index in [4.69, 9.17) is 10.5 Å². The maximum atomic E-state index is 12.4. The number of ether oxygens (including phenoxy) is 1. The monoisotopic (exact) mass is 341 g/mol. The minimum atomic E-state index is -0.929. The lowest BCUT2D eigenvalue weighted by atomic mass is 9.54. The average Bonchev–Trinajstić information content (AvgIpc) is 2.40. The molecule has 20 heavy (non-hydrogen) atoms. The Bertz CT molecular complexity index is 504. The largest absolute Gasteiger partial charge is 0.378 e. The van der Waals surface area contributed by atoms with Crippen molar-refractivity contribution >= 4 is 27.7 Å². The number of anilines is 1. The van der Waals surface area contributed by atoms with E-state index in [1.54, 1.807) is 12.3 Å². The second-order valence-electron chi connectivity index (χ2n) is 5.66. The number of hydrogen-bond acceptors (Lipinski definition) is 4. The molecule has 1 aromatic rings. The summed E-state index contributed by atoms with van der Waals surface area (Å²) >= 11 is 3.30. The third-order valence-corrected chi connectivity index (χ3v) is 4.67. The normalized spacial score (nSPS) is 27.8. The van der Waals surface area contributed by atoms with Crippen molar-refractivity contribution in [3.05, 3.63) is 22.8 Å². The second kappa shape index (κ2) is 5.42. The molecule has 1 amide bonds. The number of nitrogens with two attached hydrogens (primary N) is 1. The highest BCUT2D eigenvalue weighted by molar-refractivity contribution is 9.10. The van der Waals surface area contributed by atoms with E-state index in [1.807, 2.05) is 26.8 Å². The van der Waals surface area contributed by atoms with Crippen LogP contribution in [0.2, 0.25) is 0 Å². The van der Waals surface area contributed by atoms with Crippen LogP contribution in [0.3, 0.4) is 0 Å². The minimum Gasteiger partial charge on any atom is -0.378 e. The summed E-state index contributed by atoms with van der Waals surface area (Å²) in [7, 11) is 0. The molecule has 0 aliphatic heterocycles. The lowest BCUT2D eigenvalue weighted by molar-refractivity contribution is -0.166. The molecule has 0 radical (unpaired) electrons. The van der Waals surface area contributed by atoms with Crippen LogP contribution < -0.4 is 11.1 Å². The Labute approximate surface area is 127 Å². The molecule has 1 heterocycles. The zero-order valence-corrected chi connectivity index (χ0v) is 13.5. The molecule has 2 rings (SSSR count). The first-order chi connectivity index (χ1) is 9.31. The molecule has 0 bridgehead atoms. The molecule has 1 saturated carbocycles. The molecular weight excluding hydrogens is 322 g/mol. The Morgan fingerprint density at radius 1 is 1.60 bits per heavy atom. The van der Waals surface area contributed by atoms with Gasteiger partial charge in [-0.1, -0.05) is 13.8 Å². The molecule has 2 unspecified atom stereocenters. The number of carbonyl (C=O) groups excluding carboxylic acids is 1. The van der Waals surface area contributed by atoms with Gasteiger partial charge in [0.2, 0.25) is 5.91 Å². The molecule has 110 valence electrons. The molecule has 5 nitrogen and oxygen atoms in total. The summed E-state index contributed by atoms with van der Waals surface area (Å²) < 4.78 is 6.48. The Kier molecular flexibility index (Phi) is 4.18. The lowest BCUT2D eigenvalue weighted by Crippen LogP contribution is -2.74. The highest BCUT2D eigenvalue weighted by atomic mass is 79.9. The average molecular weight is 342 g/mol. The highest BCUT2D eigenvalue weighted by Crippen LogP contribution is 2.50. The molecule has 3 N–H and O–H groups in total. The van der Waals surface area contributed by atoms with Gasteiger partial charge in [0.1, 0.15) is 11.4 Å². The zero-order valence-electron chi connectivity index (χ0n) is 11.9. The smallest absolute Gasteiger partial charge is 0.246 e. The lowest BCUT2D eigenvalue weighted by Gasteiger charge is -2.57. The third-order valence-electron chi connectivity index (χ3n) is 4.20. The maximum Gasteiger partial charge on any atom is 0.246 e. The van der Waals surface area contributed by atoms with Crippen LogP contribution >= 0.6 is 15.9 Å². The summed E-state index contributed by atoms with van der Waals surface area (Å²) in [4.78, 5) is 16.6. The summed E-state index contributed by atoms with van der Waals surface area (Å²) in [5.74, 6) is 0.284. The van der Waals surface area contributed by atoms with Gasteiger partial charge < -0.3 is 15.8 Å². The summed E-state index contributed by atoms with van der Waals surface area (Å²) in [6, 6.07) is 3.55. The number of amides is 1. The SMILES string of the molecule is CCOC1CC(N)(C(=O)Nc2ccc(Br)cn2)C1(C)C. The Morgan fingerprint density at radius 3 is 2.80 bits per heavy atom. The Morgan fingerprint density at radius 2 is 2.30 bits per heavy atom. The predicted octanol–water partition coefficient (Wildman–Crippen LogP) is 2.32. The predicted molar refractivity (Wildman–Crippen MR) is 81.3 cm³/mol. The number of nitrogens with one attached hydrogen (secondary N) is 1. The number of aromatic nitrogens is 1. The highest BCUT2D eigenvalue weighted by Gasteiger charge is 2.62. The van der Waals surface area contributed by atoms with Gasteiger partial charge in [0, 0.05) is 29.1 Å². The van der Waals surface area contributed by atoms with E-state index in [2.05, 4.69) is 26.2 Å². The van der Waals surface area contributed by atoms with Gasteiger partial charge in [-0.25, -0.2) is 4.98 Å². The standard InChI is InChI=1S/C14H20BrN3O2/c1-4-20-10-7-14(16,13(10,2)3)12(19)18-11-6-5-9(15)8-17-11/h5-6,8,10H,4,7,16H2,1-3H3,(H,17,18,19). The van der Waals surface area contributed by atoms with Crippen molar-refractivity contribution in [2.45, 2.75) is 38.8 Å². The molecule has 0 saturated heterocycles. The fourth-order valence-corrected chi connectivity index (χ4v) is 2.73. The number of halogens is 1. The Balaban J connectivity index is 2.08. The third kappa shape index (κ3) is 2.47. The van der Waals surface area contributed by atoms with Gasteiger partial charge in [0.15, 0.2) is 0 Å². The van der Waals surface area contributed by atoms with Gasteiger partial charge >= 0.3 is 0 Å². The van der Waals surface area contributed by atoms with Gasteiger partial charge in [-0.3, -0.25) is 4.79 Å². The molecule has 6 heteroatoms. The van der Waals surface area contributed by atoms with E-state index >= 15 is 0 Å². The van der Waals surface area contributed by atoms with E-state index in [0.29, 0.717) is 18.8 Å². The molecule has 0 aromatic carbocycles. The zero-order chi connectivity index (χ0) is 15.0. The van der Waals surface area contributed by atoms with Crippen molar-refractivity contribution in [2.75, 3.05) is 11.9 Å². The van der Waals surface area contributed by atoms with Crippen molar-refractivity contribution in [2.24, 2.45) is 11.1 Å². The summed E-state index contributed by atoms with van der Waals surface area (Å²) in [6.45, 7) is 6.50. The van der Waals surface area contributed by atoms with Crippen molar-refractivity contribution in [1.82, 2.24) is 4.98 Å². The molecule has 0 spiro atoms. The Hall–Kier alpha value is -0.980. The maximum absolute atomic E-state index is 12.4. The van der Waals surface area contributed by atoms with Gasteiger partial charge in [-0.2, -0.15) is 0 Å². The number of nitrogens with zero attached hydrogens (tertiary/aromatic N) is 1. The molecular formula is C14H20BrN3O2. The van der Waals surface area contributed by atoms with Crippen molar-refractivity contribution in [3.8, 4) is 0 Å². The minimum absolute atomic E-state index is 0.0149. The van der Waals surface area contributed by atoms with Crippen LogP contribution in [0.25, 0.3) is 0 Å². The van der Waals surface area contributed by atoms with Crippen LogP contribution in [0.5, 0.6) is 0 Å². The number of carbonyl (C=O) groups is 1. The summed E-state index contributed by atoms with van der Waals surface area (Å²) in [6.07, 6.45) is 2.17. The summed E-state index contributed by atoms with van der Waals surface area (Å²) in [5, 5.41) is 2.78. The first-order valence-electron chi connectivity index (χ1n) is 6.64. The quantitative estimate of drug-likeness (QED) is 0.880. The van der Waals surface area contributed by atoms with Crippen molar-refractivity contribution < 1.29 is 9.53 Å². The van der Waals surface area contributed by atoms with Gasteiger partial charge in [-0.05, 0) is 35.0 Å². The fourth-order valence-electron chi connectivity index (χ4n) is 2.50. The van der Waals surface area contributed by atoms with Gasteiger partial charge in [-0.15, -0.1) is 0 Å². The number of hydrogen-bond donors (Lipinski definition) is 2. The van der Waals surface area contributed by atoms with E-state index in [-0.39, 0.29) is 12.0 Å². The number of rotatable bonds is 4. The fraction of sp³-hybridized carbons (Fsp3) is 0.571. The van der Waals surface area contributed by atoms with Crippen LogP contribution in [0.4, 0.5) is 5.82 Å². The first-order valence-corrected chi connectivity index (χ1v) is 7.44. The molecule has 1 aliphatic rings. The number of pyridine rings is 1. The van der Waals surface area contributed by atoms with E-state index in [1.165, 1.54) is 0 Å². The van der Waals surface area contributed by atoms with Crippen LogP contribution in [0.15, 0.2) is 22.8 Å². The van der Waals surface area contributed by atoms with Crippen molar-refractivity contribution in [3.63, 3.8) is 0 Å².